The molecule has 0 radical (unpaired) electrons. The number of nitrogens with one attached hydrogen (secondary N) is 2. The van der Waals surface area contributed by atoms with Crippen LogP contribution < -0.4 is 10.9 Å². The summed E-state index contributed by atoms with van der Waals surface area (Å²) in [6.45, 7) is 0. The van der Waals surface area contributed by atoms with Crippen LogP contribution in [0.2, 0.25) is 10.0 Å². The first kappa shape index (κ1) is 44.9. The number of rotatable bonds is 15. The molecule has 0 spiro atoms. The highest BCUT2D eigenvalue weighted by atomic mass is 35.5. The van der Waals surface area contributed by atoms with Crippen molar-refractivity contribution in [2.24, 2.45) is 10.2 Å². The van der Waals surface area contributed by atoms with E-state index < -0.39 is 21.8 Å². The van der Waals surface area contributed by atoms with Crippen LogP contribution in [0.15, 0.2) is 112 Å². The SMILES string of the molecule is O=C(O)/C(Cc1ccccc1[N+](=O)[O-])=N/Nc1nc(-c2ccc(C3CCCCC3)cc2)cs1.O=C(O)/C(Cc1ccccc1[N+](=O)[O-])=N/Nc1nc(-c2ccc(Cl)c(Cl)c2)cs1. The molecule has 4 N–H and O–H groups in total. The Bertz CT molecular complexity index is 2650. The van der Waals surface area contributed by atoms with Crippen molar-refractivity contribution in [2.75, 3.05) is 10.9 Å². The third-order valence-corrected chi connectivity index (χ3v) is 11.9. The Labute approximate surface area is 371 Å². The lowest BCUT2D eigenvalue weighted by Gasteiger charge is -2.22. The van der Waals surface area contributed by atoms with Gasteiger partial charge in [0, 0.05) is 58.0 Å². The normalized spacial score (nSPS) is 13.1. The molecule has 2 heterocycles. The standard InChI is InChI=1S/C24H24N4O4S.C18H12Cl2N4O4S/c29-23(30)20(14-19-8-4-5-9-22(19)28(31)32)26-27-24-25-21(15-33-24)18-12-10-17(11-13-18)16-6-2-1-3-7-16;19-12-6-5-10(7-13(12)20)15-9-29-18(21-15)23-22-14(17(25)26)8-11-3-1-2-4-16(11)24(27)28/h4-5,8-13,15-16H,1-3,6-7,14H2,(H,25,27)(H,29,30);1-7,9H,8H2,(H,21,23)(H,25,26)/b26-20+;22-14+. The van der Waals surface area contributed by atoms with Gasteiger partial charge in [-0.1, -0.05) is 109 Å². The summed E-state index contributed by atoms with van der Waals surface area (Å²) >= 11 is 14.5. The van der Waals surface area contributed by atoms with Gasteiger partial charge in [0.05, 0.1) is 31.3 Å². The van der Waals surface area contributed by atoms with Crippen LogP contribution in [0.1, 0.15) is 54.7 Å². The highest BCUT2D eigenvalue weighted by molar-refractivity contribution is 7.14. The van der Waals surface area contributed by atoms with Gasteiger partial charge in [0.1, 0.15) is 11.4 Å². The number of carboxylic acids is 2. The van der Waals surface area contributed by atoms with E-state index in [0.29, 0.717) is 31.9 Å². The summed E-state index contributed by atoms with van der Waals surface area (Å²) in [5.41, 5.74) is 9.48. The number of nitrogens with zero attached hydrogens (tertiary/aromatic N) is 6. The fraction of sp³-hybridized carbons (Fsp3) is 0.190. The highest BCUT2D eigenvalue weighted by Gasteiger charge is 2.21. The second-order valence-electron chi connectivity index (χ2n) is 13.7. The van der Waals surface area contributed by atoms with Crippen LogP contribution in [0.25, 0.3) is 22.5 Å². The van der Waals surface area contributed by atoms with Crippen molar-refractivity contribution in [3.05, 3.63) is 149 Å². The molecule has 0 atom stereocenters. The molecule has 318 valence electrons. The Balaban J connectivity index is 0.000000209. The van der Waals surface area contributed by atoms with Gasteiger partial charge < -0.3 is 10.2 Å². The first-order valence-electron chi connectivity index (χ1n) is 18.9. The molecule has 1 aliphatic carbocycles. The maximum absolute atomic E-state index is 11.6. The summed E-state index contributed by atoms with van der Waals surface area (Å²) in [5, 5.41) is 54.3. The number of anilines is 2. The maximum atomic E-state index is 11.6. The first-order chi connectivity index (χ1) is 29.9. The molecule has 1 fully saturated rings. The molecule has 62 heavy (non-hydrogen) atoms. The van der Waals surface area contributed by atoms with Crippen molar-refractivity contribution in [1.29, 1.82) is 0 Å². The number of halogens is 2. The second kappa shape index (κ2) is 21.3. The average Bonchev–Trinajstić information content (AvgIpc) is 3.96. The average molecular weight is 916 g/mol. The van der Waals surface area contributed by atoms with Gasteiger partial charge in [-0.2, -0.15) is 10.2 Å². The molecule has 0 saturated heterocycles. The van der Waals surface area contributed by atoms with Gasteiger partial charge in [-0.15, -0.1) is 22.7 Å². The van der Waals surface area contributed by atoms with Gasteiger partial charge >= 0.3 is 11.9 Å². The van der Waals surface area contributed by atoms with Crippen LogP contribution in [0.3, 0.4) is 0 Å². The molecular weight excluding hydrogens is 880 g/mol. The van der Waals surface area contributed by atoms with Gasteiger partial charge in [-0.3, -0.25) is 31.1 Å². The number of thiazole rings is 2. The number of carboxylic acid groups (broad SMARTS) is 2. The number of hydrogen-bond donors (Lipinski definition) is 4. The number of carbonyl (C=O) groups is 2. The van der Waals surface area contributed by atoms with Gasteiger partial charge in [0.15, 0.2) is 0 Å². The predicted octanol–water partition coefficient (Wildman–Crippen LogP) is 11.0. The maximum Gasteiger partial charge on any atom is 0.352 e. The summed E-state index contributed by atoms with van der Waals surface area (Å²) in [5.74, 6) is -1.91. The number of aliphatic carboxylic acids is 2. The summed E-state index contributed by atoms with van der Waals surface area (Å²) < 4.78 is 0. The van der Waals surface area contributed by atoms with Crippen LogP contribution in [0, 0.1) is 20.2 Å². The monoisotopic (exact) mass is 914 g/mol. The molecule has 0 amide bonds. The summed E-state index contributed by atoms with van der Waals surface area (Å²) in [6.07, 6.45) is 6.02. The minimum Gasteiger partial charge on any atom is -0.477 e. The zero-order valence-corrected chi connectivity index (χ0v) is 35.6. The van der Waals surface area contributed by atoms with Crippen molar-refractivity contribution >= 4 is 90.9 Å². The van der Waals surface area contributed by atoms with Crippen molar-refractivity contribution in [2.45, 2.75) is 50.9 Å². The van der Waals surface area contributed by atoms with Crippen LogP contribution in [0.4, 0.5) is 21.6 Å². The smallest absolute Gasteiger partial charge is 0.352 e. The predicted molar refractivity (Wildman–Crippen MR) is 242 cm³/mol. The minimum atomic E-state index is -1.29. The van der Waals surface area contributed by atoms with E-state index in [1.54, 1.807) is 35.7 Å². The molecule has 6 aromatic rings. The summed E-state index contributed by atoms with van der Waals surface area (Å²) in [6, 6.07) is 25.5. The zero-order valence-electron chi connectivity index (χ0n) is 32.4. The quantitative estimate of drug-likeness (QED) is 0.0428. The summed E-state index contributed by atoms with van der Waals surface area (Å²) in [7, 11) is 0. The van der Waals surface area contributed by atoms with Gasteiger partial charge in [-0.05, 0) is 36.5 Å². The molecule has 7 rings (SSSR count). The number of para-hydroxylation sites is 2. The summed E-state index contributed by atoms with van der Waals surface area (Å²) in [4.78, 5) is 53.2. The van der Waals surface area contributed by atoms with Crippen molar-refractivity contribution in [1.82, 2.24) is 9.97 Å². The Kier molecular flexibility index (Phi) is 15.4. The fourth-order valence-electron chi connectivity index (χ4n) is 6.53. The number of aromatic nitrogens is 2. The van der Waals surface area contributed by atoms with Crippen LogP contribution in [-0.4, -0.2) is 53.4 Å². The molecule has 0 unspecified atom stereocenters. The highest BCUT2D eigenvalue weighted by Crippen LogP contribution is 2.34. The van der Waals surface area contributed by atoms with E-state index in [9.17, 15) is 40.0 Å². The number of hydrazone groups is 2. The van der Waals surface area contributed by atoms with Crippen molar-refractivity contribution in [3.63, 3.8) is 0 Å². The number of nitro benzene ring substituents is 2. The lowest BCUT2D eigenvalue weighted by Crippen LogP contribution is -2.18. The second-order valence-corrected chi connectivity index (χ2v) is 16.3. The van der Waals surface area contributed by atoms with Crippen LogP contribution >= 0.6 is 45.9 Å². The fourth-order valence-corrected chi connectivity index (χ4v) is 8.15. The number of nitro groups is 2. The Hall–Kier alpha value is -6.60. The zero-order chi connectivity index (χ0) is 44.2. The molecular formula is C42H36Cl2N8O8S2. The molecule has 4 aromatic carbocycles. The van der Waals surface area contributed by atoms with Gasteiger partial charge in [0.2, 0.25) is 10.3 Å². The number of hydrogen-bond acceptors (Lipinski definition) is 14. The Morgan fingerprint density at radius 3 is 1.61 bits per heavy atom. The lowest BCUT2D eigenvalue weighted by atomic mass is 9.84. The van der Waals surface area contributed by atoms with E-state index in [0.717, 1.165) is 16.8 Å². The minimum absolute atomic E-state index is 0.139. The topological polar surface area (TPSA) is 235 Å². The Morgan fingerprint density at radius 2 is 1.15 bits per heavy atom. The molecule has 20 heteroatoms. The third-order valence-electron chi connectivity index (χ3n) is 9.67. The van der Waals surface area contributed by atoms with E-state index in [-0.39, 0.29) is 46.8 Å². The van der Waals surface area contributed by atoms with E-state index in [2.05, 4.69) is 55.3 Å². The van der Waals surface area contributed by atoms with E-state index >= 15 is 0 Å². The molecule has 1 saturated carbocycles. The molecule has 2 aromatic heterocycles. The largest absolute Gasteiger partial charge is 0.477 e. The van der Waals surface area contributed by atoms with Crippen molar-refractivity contribution in [3.8, 4) is 22.5 Å². The van der Waals surface area contributed by atoms with Gasteiger partial charge in [0.25, 0.3) is 11.4 Å². The van der Waals surface area contributed by atoms with E-state index in [1.165, 1.54) is 96.7 Å². The van der Waals surface area contributed by atoms with Crippen LogP contribution in [0.5, 0.6) is 0 Å². The molecule has 0 bridgehead atoms. The third kappa shape index (κ3) is 12.0. The van der Waals surface area contributed by atoms with Crippen LogP contribution in [-0.2, 0) is 22.4 Å². The molecule has 16 nitrogen and oxygen atoms in total. The van der Waals surface area contributed by atoms with E-state index in [4.69, 9.17) is 23.2 Å². The van der Waals surface area contributed by atoms with E-state index in [1.807, 2.05) is 5.38 Å². The lowest BCUT2D eigenvalue weighted by molar-refractivity contribution is -0.385. The first-order valence-corrected chi connectivity index (χ1v) is 21.4. The number of benzene rings is 4. The van der Waals surface area contributed by atoms with Gasteiger partial charge in [-0.25, -0.2) is 19.6 Å². The molecule has 0 aliphatic heterocycles. The van der Waals surface area contributed by atoms with Crippen molar-refractivity contribution < 1.29 is 29.6 Å². The Morgan fingerprint density at radius 1 is 0.677 bits per heavy atom. The molecule has 1 aliphatic rings.